The minimum Gasteiger partial charge on any atom is -0.454 e. The van der Waals surface area contributed by atoms with E-state index in [1.165, 1.54) is 10.8 Å². The molecule has 0 aliphatic rings. The standard InChI is InChI=1S/C36H18ClN3OS/c37-34-35(38-31-24-14-6-8-16-27(24)42-36(31)39-34)40-25-15-7-5-13-23(25)28-21-11-3-4-12-22(21)30-29-20-10-2-1-9-19(20)17-18-26(29)41-33(30)32(28)40/h1-18H. The molecule has 10 rings (SSSR count). The highest BCUT2D eigenvalue weighted by molar-refractivity contribution is 7.25. The zero-order valence-corrected chi connectivity index (χ0v) is 23.5. The molecule has 0 bridgehead atoms. The highest BCUT2D eigenvalue weighted by Crippen LogP contribution is 2.47. The van der Waals surface area contributed by atoms with Crippen molar-refractivity contribution in [2.45, 2.75) is 0 Å². The number of thiophene rings is 1. The molecule has 6 heteroatoms. The molecule has 0 spiro atoms. The van der Waals surface area contributed by atoms with Crippen LogP contribution in [-0.2, 0) is 0 Å². The summed E-state index contributed by atoms with van der Waals surface area (Å²) < 4.78 is 10.1. The average Bonchev–Trinajstić information content (AvgIpc) is 3.70. The lowest BCUT2D eigenvalue weighted by Crippen LogP contribution is -2.00. The lowest BCUT2D eigenvalue weighted by molar-refractivity contribution is 0.671. The highest BCUT2D eigenvalue weighted by atomic mass is 35.5. The fraction of sp³-hybridized carbons (Fsp3) is 0. The van der Waals surface area contributed by atoms with E-state index in [-0.39, 0.29) is 0 Å². The Morgan fingerprint density at radius 1 is 0.619 bits per heavy atom. The number of hydrogen-bond donors (Lipinski definition) is 0. The van der Waals surface area contributed by atoms with Crippen LogP contribution < -0.4 is 0 Å². The third-order valence-corrected chi connectivity index (χ3v) is 9.81. The van der Waals surface area contributed by atoms with Crippen molar-refractivity contribution in [3.05, 3.63) is 114 Å². The number of aromatic nitrogens is 3. The number of hydrogen-bond acceptors (Lipinski definition) is 4. The van der Waals surface area contributed by atoms with Crippen LogP contribution in [0.5, 0.6) is 0 Å². The highest BCUT2D eigenvalue weighted by Gasteiger charge is 2.25. The Balaban J connectivity index is 1.49. The van der Waals surface area contributed by atoms with Crippen LogP contribution in [0.2, 0.25) is 5.15 Å². The van der Waals surface area contributed by atoms with Crippen molar-refractivity contribution in [2.75, 3.05) is 0 Å². The summed E-state index contributed by atoms with van der Waals surface area (Å²) in [7, 11) is 0. The van der Waals surface area contributed by atoms with Crippen molar-refractivity contribution in [2.24, 2.45) is 0 Å². The molecule has 42 heavy (non-hydrogen) atoms. The van der Waals surface area contributed by atoms with Gasteiger partial charge in [0.1, 0.15) is 15.9 Å². The first kappa shape index (κ1) is 22.7. The summed E-state index contributed by atoms with van der Waals surface area (Å²) in [5.41, 5.74) is 4.48. The zero-order valence-electron chi connectivity index (χ0n) is 21.9. The molecule has 4 heterocycles. The molecule has 4 aromatic heterocycles. The number of rotatable bonds is 1. The van der Waals surface area contributed by atoms with E-state index in [1.54, 1.807) is 11.3 Å². The van der Waals surface area contributed by atoms with Crippen molar-refractivity contribution in [1.29, 1.82) is 0 Å². The molecule has 0 amide bonds. The predicted octanol–water partition coefficient (Wildman–Crippen LogP) is 10.8. The molecule has 0 fully saturated rings. The van der Waals surface area contributed by atoms with Gasteiger partial charge in [-0.2, -0.15) is 0 Å². The minimum atomic E-state index is 0.361. The van der Waals surface area contributed by atoms with E-state index in [2.05, 4.69) is 102 Å². The minimum absolute atomic E-state index is 0.361. The van der Waals surface area contributed by atoms with Gasteiger partial charge >= 0.3 is 0 Å². The van der Waals surface area contributed by atoms with Gasteiger partial charge in [0.15, 0.2) is 16.6 Å². The summed E-state index contributed by atoms with van der Waals surface area (Å²) in [4.78, 5) is 10.9. The van der Waals surface area contributed by atoms with Crippen LogP contribution in [-0.4, -0.2) is 14.5 Å². The maximum atomic E-state index is 7.03. The first-order chi connectivity index (χ1) is 20.8. The molecule has 0 aliphatic heterocycles. The van der Waals surface area contributed by atoms with Crippen LogP contribution in [0.25, 0.3) is 91.5 Å². The number of fused-ring (bicyclic) bond motifs is 15. The van der Waals surface area contributed by atoms with Crippen LogP contribution in [0.3, 0.4) is 0 Å². The number of furan rings is 1. The topological polar surface area (TPSA) is 43.9 Å². The van der Waals surface area contributed by atoms with Gasteiger partial charge in [0.05, 0.1) is 11.0 Å². The second-order valence-electron chi connectivity index (χ2n) is 10.7. The van der Waals surface area contributed by atoms with Crippen LogP contribution >= 0.6 is 22.9 Å². The van der Waals surface area contributed by atoms with Crippen LogP contribution in [0.1, 0.15) is 0 Å². The van der Waals surface area contributed by atoms with Crippen LogP contribution in [0, 0.1) is 0 Å². The molecule has 6 aromatic carbocycles. The molecular formula is C36H18ClN3OS. The van der Waals surface area contributed by atoms with Gasteiger partial charge in [-0.1, -0.05) is 103 Å². The van der Waals surface area contributed by atoms with E-state index < -0.39 is 0 Å². The fourth-order valence-corrected chi connectivity index (χ4v) is 8.08. The smallest absolute Gasteiger partial charge is 0.176 e. The maximum Gasteiger partial charge on any atom is 0.176 e. The van der Waals surface area contributed by atoms with Gasteiger partial charge in [-0.15, -0.1) is 11.3 Å². The Hall–Kier alpha value is -4.97. The molecule has 0 unspecified atom stereocenters. The number of benzene rings is 6. The Kier molecular flexibility index (Phi) is 4.36. The Morgan fingerprint density at radius 3 is 2.17 bits per heavy atom. The average molecular weight is 576 g/mol. The molecule has 0 atom stereocenters. The molecule has 196 valence electrons. The molecule has 0 N–H and O–H groups in total. The van der Waals surface area contributed by atoms with Gasteiger partial charge in [0.25, 0.3) is 0 Å². The third-order valence-electron chi connectivity index (χ3n) is 8.50. The largest absolute Gasteiger partial charge is 0.454 e. The maximum absolute atomic E-state index is 7.03. The Bertz CT molecular complexity index is 2770. The molecule has 0 saturated carbocycles. The van der Waals surface area contributed by atoms with Gasteiger partial charge in [0.2, 0.25) is 0 Å². The second-order valence-corrected chi connectivity index (χ2v) is 12.1. The molecular weight excluding hydrogens is 558 g/mol. The molecule has 4 nitrogen and oxygen atoms in total. The zero-order chi connectivity index (χ0) is 27.5. The molecule has 0 saturated heterocycles. The summed E-state index contributed by atoms with van der Waals surface area (Å²) >= 11 is 8.64. The third kappa shape index (κ3) is 2.82. The molecule has 10 aromatic rings. The van der Waals surface area contributed by atoms with Crippen molar-refractivity contribution in [1.82, 2.24) is 14.5 Å². The summed E-state index contributed by atoms with van der Waals surface area (Å²) in [6.07, 6.45) is 0. The molecule has 0 radical (unpaired) electrons. The predicted molar refractivity (Wildman–Crippen MR) is 177 cm³/mol. The fourth-order valence-electron chi connectivity index (χ4n) is 6.80. The second kappa shape index (κ2) is 8.07. The van der Waals surface area contributed by atoms with E-state index >= 15 is 0 Å². The van der Waals surface area contributed by atoms with Crippen molar-refractivity contribution in [3.8, 4) is 5.82 Å². The first-order valence-electron chi connectivity index (χ1n) is 13.8. The lowest BCUT2D eigenvalue weighted by Gasteiger charge is -2.10. The quantitative estimate of drug-likeness (QED) is 0.195. The van der Waals surface area contributed by atoms with Crippen molar-refractivity contribution >= 4 is 109 Å². The number of nitrogens with zero attached hydrogens (tertiary/aromatic N) is 3. The Labute approximate surface area is 247 Å². The van der Waals surface area contributed by atoms with Crippen molar-refractivity contribution < 1.29 is 4.42 Å². The van der Waals surface area contributed by atoms with Crippen molar-refractivity contribution in [3.63, 3.8) is 0 Å². The SMILES string of the molecule is Clc1nc2sc3ccccc3c2nc1-n1c2ccccc2c2c3ccccc3c3c(oc4ccc5ccccc5c43)c21. The van der Waals surface area contributed by atoms with E-state index in [4.69, 9.17) is 26.0 Å². The van der Waals surface area contributed by atoms with Crippen LogP contribution in [0.4, 0.5) is 0 Å². The lowest BCUT2D eigenvalue weighted by atomic mass is 9.96. The van der Waals surface area contributed by atoms with E-state index in [9.17, 15) is 0 Å². The van der Waals surface area contributed by atoms with E-state index in [1.807, 2.05) is 12.1 Å². The monoisotopic (exact) mass is 575 g/mol. The summed E-state index contributed by atoms with van der Waals surface area (Å²) in [6, 6.07) is 38.1. The Morgan fingerprint density at radius 2 is 1.31 bits per heavy atom. The summed E-state index contributed by atoms with van der Waals surface area (Å²) in [5.74, 6) is 0.598. The van der Waals surface area contributed by atoms with Gasteiger partial charge in [-0.25, -0.2) is 9.97 Å². The van der Waals surface area contributed by atoms with Gasteiger partial charge in [-0.05, 0) is 39.7 Å². The van der Waals surface area contributed by atoms with Gasteiger partial charge in [0, 0.05) is 31.6 Å². The summed E-state index contributed by atoms with van der Waals surface area (Å²) in [6.45, 7) is 0. The molecule has 0 aliphatic carbocycles. The number of halogens is 1. The summed E-state index contributed by atoms with van der Waals surface area (Å²) in [5, 5.41) is 10.6. The number of para-hydroxylation sites is 1. The van der Waals surface area contributed by atoms with Crippen LogP contribution in [0.15, 0.2) is 114 Å². The van der Waals surface area contributed by atoms with E-state index in [0.29, 0.717) is 11.0 Å². The van der Waals surface area contributed by atoms with E-state index in [0.717, 1.165) is 75.0 Å². The first-order valence-corrected chi connectivity index (χ1v) is 15.0. The van der Waals surface area contributed by atoms with Gasteiger partial charge < -0.3 is 4.42 Å². The van der Waals surface area contributed by atoms with Gasteiger partial charge in [-0.3, -0.25) is 4.57 Å². The normalized spacial score (nSPS) is 12.4.